The highest BCUT2D eigenvalue weighted by Crippen LogP contribution is 2.12. The molecule has 58 heavy (non-hydrogen) atoms. The zero-order valence-electron chi connectivity index (χ0n) is 37.5. The molecule has 0 aromatic carbocycles. The summed E-state index contributed by atoms with van der Waals surface area (Å²) < 4.78 is 17.2. The van der Waals surface area contributed by atoms with Gasteiger partial charge in [0.2, 0.25) is 0 Å². The number of rotatable bonds is 41. The molecular weight excluding hydrogens is 717 g/mol. The van der Waals surface area contributed by atoms with Crippen molar-refractivity contribution in [2.45, 2.75) is 194 Å². The number of hydrogen-bond donors (Lipinski definition) is 0. The lowest BCUT2D eigenvalue weighted by Crippen LogP contribution is -2.30. The van der Waals surface area contributed by atoms with Gasteiger partial charge in [0.05, 0.1) is 6.61 Å². The van der Waals surface area contributed by atoms with E-state index in [0.717, 1.165) is 96.3 Å². The van der Waals surface area contributed by atoms with Gasteiger partial charge in [-0.3, -0.25) is 9.59 Å². The molecule has 0 bridgehead atoms. The highest BCUT2D eigenvalue weighted by molar-refractivity contribution is 5.70. The van der Waals surface area contributed by atoms with Crippen molar-refractivity contribution in [2.75, 3.05) is 19.8 Å². The molecule has 0 aromatic rings. The summed E-state index contributed by atoms with van der Waals surface area (Å²) in [6.07, 6.45) is 65.3. The van der Waals surface area contributed by atoms with Crippen LogP contribution in [0.1, 0.15) is 188 Å². The van der Waals surface area contributed by atoms with Gasteiger partial charge in [0.15, 0.2) is 6.10 Å². The summed E-state index contributed by atoms with van der Waals surface area (Å²) in [5.74, 6) is -0.536. The van der Waals surface area contributed by atoms with Crippen molar-refractivity contribution in [3.63, 3.8) is 0 Å². The fourth-order valence-corrected chi connectivity index (χ4v) is 5.90. The van der Waals surface area contributed by atoms with E-state index in [4.69, 9.17) is 14.2 Å². The Morgan fingerprint density at radius 2 is 0.810 bits per heavy atom. The largest absolute Gasteiger partial charge is 0.462 e. The number of carbonyl (C=O) groups excluding carboxylic acids is 2. The number of unbranched alkanes of at least 4 members (excludes halogenated alkanes) is 12. The predicted octanol–water partition coefficient (Wildman–Crippen LogP) is 15.7. The minimum atomic E-state index is -0.584. The molecule has 1 unspecified atom stereocenters. The van der Waals surface area contributed by atoms with Gasteiger partial charge in [-0.15, -0.1) is 0 Å². The van der Waals surface area contributed by atoms with Crippen LogP contribution in [-0.4, -0.2) is 37.9 Å². The van der Waals surface area contributed by atoms with Gasteiger partial charge in [-0.1, -0.05) is 194 Å². The summed E-state index contributed by atoms with van der Waals surface area (Å²) in [4.78, 5) is 25.2. The molecule has 0 saturated heterocycles. The van der Waals surface area contributed by atoms with Gasteiger partial charge in [-0.05, 0) is 89.9 Å². The average Bonchev–Trinajstić information content (AvgIpc) is 3.22. The molecule has 1 atom stereocenters. The standard InChI is InChI=1S/C53H86O5/c1-4-7-10-13-16-19-22-24-25-26-27-28-29-31-32-34-37-40-43-46-52(54)57-50-51(49-56-48-45-42-39-36-21-18-15-12-9-6-3)58-53(55)47-44-41-38-35-33-30-23-20-17-14-11-8-5-2/h7-8,10-11,16-17,19-20,24-25,27-28,30-33,37,40,51H,4-6,9,12-15,18,21-23,26,29,34-36,38-39,41-50H2,1-3H3/b10-7-,11-8-,19-16-,20-17-,25-24-,28-27-,32-31-,33-30-,40-37-. The molecule has 0 aliphatic carbocycles. The van der Waals surface area contributed by atoms with Crippen LogP contribution in [0.5, 0.6) is 0 Å². The van der Waals surface area contributed by atoms with Crippen LogP contribution in [0, 0.1) is 0 Å². The molecule has 0 saturated carbocycles. The molecular formula is C53H86O5. The van der Waals surface area contributed by atoms with Crippen molar-refractivity contribution in [3.8, 4) is 0 Å². The van der Waals surface area contributed by atoms with Crippen LogP contribution in [0.15, 0.2) is 109 Å². The van der Waals surface area contributed by atoms with E-state index in [-0.39, 0.29) is 25.2 Å². The zero-order chi connectivity index (χ0) is 42.1. The molecule has 0 fully saturated rings. The first-order chi connectivity index (χ1) is 28.6. The Balaban J connectivity index is 4.41. The van der Waals surface area contributed by atoms with E-state index in [9.17, 15) is 9.59 Å². The monoisotopic (exact) mass is 803 g/mol. The Hall–Kier alpha value is -3.44. The first-order valence-corrected chi connectivity index (χ1v) is 23.4. The number of carbonyl (C=O) groups is 2. The number of hydrogen-bond acceptors (Lipinski definition) is 5. The Kier molecular flexibility index (Phi) is 45.1. The second-order valence-corrected chi connectivity index (χ2v) is 14.9. The molecule has 0 aliphatic rings. The topological polar surface area (TPSA) is 61.8 Å². The second kappa shape index (κ2) is 47.9. The summed E-state index contributed by atoms with van der Waals surface area (Å²) in [5.41, 5.74) is 0. The molecule has 0 spiro atoms. The summed E-state index contributed by atoms with van der Waals surface area (Å²) in [6, 6.07) is 0. The Morgan fingerprint density at radius 3 is 1.29 bits per heavy atom. The van der Waals surface area contributed by atoms with Gasteiger partial charge in [-0.25, -0.2) is 0 Å². The molecule has 0 heterocycles. The van der Waals surface area contributed by atoms with Gasteiger partial charge >= 0.3 is 11.9 Å². The van der Waals surface area contributed by atoms with Crippen molar-refractivity contribution >= 4 is 11.9 Å². The quantitative estimate of drug-likeness (QED) is 0.0350. The van der Waals surface area contributed by atoms with Gasteiger partial charge in [-0.2, -0.15) is 0 Å². The van der Waals surface area contributed by atoms with E-state index < -0.39 is 6.10 Å². The van der Waals surface area contributed by atoms with Crippen molar-refractivity contribution in [1.82, 2.24) is 0 Å². The number of ether oxygens (including phenoxy) is 3. The maximum atomic E-state index is 12.7. The highest BCUT2D eigenvalue weighted by atomic mass is 16.6. The summed E-state index contributed by atoms with van der Waals surface area (Å²) >= 11 is 0. The van der Waals surface area contributed by atoms with E-state index in [0.29, 0.717) is 25.9 Å². The second-order valence-electron chi connectivity index (χ2n) is 14.9. The third kappa shape index (κ3) is 45.3. The lowest BCUT2D eigenvalue weighted by molar-refractivity contribution is -0.162. The van der Waals surface area contributed by atoms with Crippen LogP contribution in [0.4, 0.5) is 0 Å². The van der Waals surface area contributed by atoms with E-state index in [1.807, 2.05) is 6.08 Å². The SMILES string of the molecule is CC/C=C\C/C=C\C/C=C\C/C=C\C/C=C\C/C=C\CCC(=O)OCC(COCCCCCCCCCCCC)OC(=O)CCCCC/C=C\C/C=C\C/C=C\CC. The van der Waals surface area contributed by atoms with Gasteiger partial charge < -0.3 is 14.2 Å². The number of allylic oxidation sites excluding steroid dienone is 18. The first kappa shape index (κ1) is 54.6. The van der Waals surface area contributed by atoms with E-state index in [2.05, 4.69) is 124 Å². The smallest absolute Gasteiger partial charge is 0.306 e. The molecule has 0 radical (unpaired) electrons. The molecule has 5 heteroatoms. The molecule has 0 aromatic heterocycles. The van der Waals surface area contributed by atoms with Gasteiger partial charge in [0, 0.05) is 19.4 Å². The van der Waals surface area contributed by atoms with Crippen LogP contribution < -0.4 is 0 Å². The van der Waals surface area contributed by atoms with Crippen molar-refractivity contribution < 1.29 is 23.8 Å². The third-order valence-corrected chi connectivity index (χ3v) is 9.32. The van der Waals surface area contributed by atoms with Crippen LogP contribution in [0.2, 0.25) is 0 Å². The molecule has 328 valence electrons. The summed E-state index contributed by atoms with van der Waals surface area (Å²) in [6.45, 7) is 7.46. The lowest BCUT2D eigenvalue weighted by Gasteiger charge is -2.18. The van der Waals surface area contributed by atoms with Crippen molar-refractivity contribution in [1.29, 1.82) is 0 Å². The fraction of sp³-hybridized carbons (Fsp3) is 0.623. The van der Waals surface area contributed by atoms with Gasteiger partial charge in [0.1, 0.15) is 6.61 Å². The predicted molar refractivity (Wildman–Crippen MR) is 251 cm³/mol. The molecule has 5 nitrogen and oxygen atoms in total. The number of esters is 2. The Labute approximate surface area is 357 Å². The zero-order valence-corrected chi connectivity index (χ0v) is 37.5. The summed E-state index contributed by atoms with van der Waals surface area (Å²) in [7, 11) is 0. The minimum absolute atomic E-state index is 0.0283. The van der Waals surface area contributed by atoms with Crippen LogP contribution in [-0.2, 0) is 23.8 Å². The Bertz CT molecular complexity index is 1180. The maximum Gasteiger partial charge on any atom is 0.306 e. The highest BCUT2D eigenvalue weighted by Gasteiger charge is 2.17. The van der Waals surface area contributed by atoms with Crippen molar-refractivity contribution in [2.24, 2.45) is 0 Å². The van der Waals surface area contributed by atoms with E-state index in [1.54, 1.807) is 0 Å². The minimum Gasteiger partial charge on any atom is -0.462 e. The lowest BCUT2D eigenvalue weighted by atomic mass is 10.1. The van der Waals surface area contributed by atoms with Crippen molar-refractivity contribution in [3.05, 3.63) is 109 Å². The van der Waals surface area contributed by atoms with Gasteiger partial charge in [0.25, 0.3) is 0 Å². The average molecular weight is 803 g/mol. The fourth-order valence-electron chi connectivity index (χ4n) is 5.90. The third-order valence-electron chi connectivity index (χ3n) is 9.32. The molecule has 0 amide bonds. The summed E-state index contributed by atoms with van der Waals surface area (Å²) in [5, 5.41) is 0. The Morgan fingerprint density at radius 1 is 0.397 bits per heavy atom. The van der Waals surface area contributed by atoms with Crippen LogP contribution in [0.3, 0.4) is 0 Å². The molecule has 0 N–H and O–H groups in total. The van der Waals surface area contributed by atoms with E-state index in [1.165, 1.54) is 51.4 Å². The molecule has 0 aliphatic heterocycles. The maximum absolute atomic E-state index is 12.7. The normalized spacial score (nSPS) is 13.2. The van der Waals surface area contributed by atoms with E-state index >= 15 is 0 Å². The van der Waals surface area contributed by atoms with Crippen LogP contribution >= 0.6 is 0 Å². The molecule has 0 rings (SSSR count). The first-order valence-electron chi connectivity index (χ1n) is 23.4. The van der Waals surface area contributed by atoms with Crippen LogP contribution in [0.25, 0.3) is 0 Å².